The molecular formula is C23H26N3NaO3S2. The SMILES string of the molecule is CN(C)c1ccc(/C=C(\C#N)c2ccc(C3=C[SH](CCCS(=O)(=O)O)C=N3)cc2)cc1.[NaH]. The van der Waals surface area contributed by atoms with Gasteiger partial charge >= 0.3 is 29.6 Å². The van der Waals surface area contributed by atoms with E-state index in [1.165, 1.54) is 0 Å². The fourth-order valence-electron chi connectivity index (χ4n) is 3.10. The van der Waals surface area contributed by atoms with Crippen LogP contribution in [0.5, 0.6) is 0 Å². The van der Waals surface area contributed by atoms with Gasteiger partial charge in [-0.25, -0.2) is 0 Å². The van der Waals surface area contributed by atoms with Gasteiger partial charge in [-0.15, -0.1) is 0 Å². The molecule has 0 spiro atoms. The van der Waals surface area contributed by atoms with Crippen molar-refractivity contribution < 1.29 is 13.0 Å². The van der Waals surface area contributed by atoms with Crippen molar-refractivity contribution in [3.63, 3.8) is 0 Å². The van der Waals surface area contributed by atoms with Gasteiger partial charge in [0.2, 0.25) is 0 Å². The zero-order valence-electron chi connectivity index (χ0n) is 17.4. The fraction of sp³-hybridized carbons (Fsp3) is 0.217. The first kappa shape index (κ1) is 26.4. The molecule has 0 radical (unpaired) electrons. The van der Waals surface area contributed by atoms with Gasteiger partial charge in [-0.1, -0.05) is 36.4 Å². The second-order valence-electron chi connectivity index (χ2n) is 7.37. The Morgan fingerprint density at radius 2 is 1.81 bits per heavy atom. The van der Waals surface area contributed by atoms with Crippen molar-refractivity contribution in [1.29, 1.82) is 5.26 Å². The average Bonchev–Trinajstić information content (AvgIpc) is 3.20. The van der Waals surface area contributed by atoms with Crippen LogP contribution in [0.1, 0.15) is 23.1 Å². The summed E-state index contributed by atoms with van der Waals surface area (Å²) in [6.07, 6.45) is 2.28. The van der Waals surface area contributed by atoms with Crippen molar-refractivity contribution in [3.05, 3.63) is 70.6 Å². The molecule has 1 aliphatic heterocycles. The van der Waals surface area contributed by atoms with Crippen molar-refractivity contribution in [3.8, 4) is 6.07 Å². The van der Waals surface area contributed by atoms with Gasteiger partial charge in [-0.05, 0) is 46.9 Å². The van der Waals surface area contributed by atoms with Crippen LogP contribution in [0.25, 0.3) is 17.3 Å². The Kier molecular flexibility index (Phi) is 9.77. The Morgan fingerprint density at radius 1 is 1.16 bits per heavy atom. The molecular weight excluding hydrogens is 453 g/mol. The van der Waals surface area contributed by atoms with Gasteiger partial charge in [0.05, 0.1) is 23.1 Å². The van der Waals surface area contributed by atoms with E-state index < -0.39 is 21.0 Å². The fourth-order valence-corrected chi connectivity index (χ4v) is 5.46. The summed E-state index contributed by atoms with van der Waals surface area (Å²) in [4.78, 5) is 6.48. The first-order valence-corrected chi connectivity index (χ1v) is 13.0. The summed E-state index contributed by atoms with van der Waals surface area (Å²) in [5.41, 5.74) is 7.15. The van der Waals surface area contributed by atoms with Crippen LogP contribution in [0, 0.1) is 11.3 Å². The van der Waals surface area contributed by atoms with Gasteiger partial charge in [-0.2, -0.15) is 24.6 Å². The summed E-state index contributed by atoms with van der Waals surface area (Å²) in [5.74, 6) is 0.451. The van der Waals surface area contributed by atoms with Gasteiger partial charge in [0, 0.05) is 30.9 Å². The molecule has 0 fully saturated rings. The number of hydrogen-bond donors (Lipinski definition) is 2. The number of nitrogens with zero attached hydrogens (tertiary/aromatic N) is 3. The summed E-state index contributed by atoms with van der Waals surface area (Å²) < 4.78 is 30.5. The minimum absolute atomic E-state index is 0. The molecule has 6 nitrogen and oxygen atoms in total. The predicted octanol–water partition coefficient (Wildman–Crippen LogP) is 3.79. The monoisotopic (exact) mass is 479 g/mol. The number of hydrogen-bond acceptors (Lipinski definition) is 5. The first-order valence-electron chi connectivity index (χ1n) is 9.72. The zero-order chi connectivity index (χ0) is 22.4. The Morgan fingerprint density at radius 3 is 2.38 bits per heavy atom. The van der Waals surface area contributed by atoms with Crippen molar-refractivity contribution >= 4 is 79.2 Å². The van der Waals surface area contributed by atoms with Gasteiger partial charge in [0.15, 0.2) is 0 Å². The molecule has 1 atom stereocenters. The molecule has 0 aliphatic carbocycles. The number of benzene rings is 2. The second-order valence-corrected chi connectivity index (χ2v) is 10.9. The van der Waals surface area contributed by atoms with Crippen LogP contribution < -0.4 is 4.90 Å². The zero-order valence-corrected chi connectivity index (χ0v) is 19.1. The van der Waals surface area contributed by atoms with E-state index in [2.05, 4.69) is 16.5 Å². The molecule has 3 rings (SSSR count). The molecule has 32 heavy (non-hydrogen) atoms. The van der Waals surface area contributed by atoms with Crippen molar-refractivity contribution in [1.82, 2.24) is 0 Å². The summed E-state index contributed by atoms with van der Waals surface area (Å²) >= 11 is 0. The van der Waals surface area contributed by atoms with Crippen LogP contribution in [-0.4, -0.2) is 73.7 Å². The molecule has 1 aliphatic rings. The summed E-state index contributed by atoms with van der Waals surface area (Å²) in [6.45, 7) is 0. The van der Waals surface area contributed by atoms with Crippen LogP contribution in [0.3, 0.4) is 0 Å². The first-order chi connectivity index (χ1) is 14.7. The van der Waals surface area contributed by atoms with E-state index >= 15 is 0 Å². The molecule has 2 aromatic carbocycles. The van der Waals surface area contributed by atoms with Gasteiger partial charge in [0.25, 0.3) is 10.1 Å². The molecule has 0 amide bonds. The third-order valence-electron chi connectivity index (χ3n) is 4.78. The second kappa shape index (κ2) is 11.8. The van der Waals surface area contributed by atoms with E-state index in [-0.39, 0.29) is 35.3 Å². The predicted molar refractivity (Wildman–Crippen MR) is 139 cm³/mol. The quantitative estimate of drug-likeness (QED) is 0.198. The molecule has 1 heterocycles. The normalized spacial score (nSPS) is 16.8. The molecule has 9 heteroatoms. The van der Waals surface area contributed by atoms with Crippen LogP contribution in [0.15, 0.2) is 58.9 Å². The summed E-state index contributed by atoms with van der Waals surface area (Å²) in [6, 6.07) is 18.0. The Hall–Kier alpha value is -1.86. The Bertz CT molecular complexity index is 1160. The van der Waals surface area contributed by atoms with E-state index in [0.29, 0.717) is 17.7 Å². The molecule has 0 saturated carbocycles. The number of allylic oxidation sites excluding steroid dienone is 1. The van der Waals surface area contributed by atoms with Crippen molar-refractivity contribution in [2.75, 3.05) is 30.5 Å². The molecule has 164 valence electrons. The molecule has 0 saturated heterocycles. The molecule has 0 bridgehead atoms. The maximum absolute atomic E-state index is 10.8. The van der Waals surface area contributed by atoms with E-state index in [9.17, 15) is 13.7 Å². The van der Waals surface area contributed by atoms with Gasteiger partial charge in [-0.3, -0.25) is 9.55 Å². The van der Waals surface area contributed by atoms with Crippen LogP contribution in [0.4, 0.5) is 5.69 Å². The Balaban J connectivity index is 0.00000363. The van der Waals surface area contributed by atoms with Crippen LogP contribution in [-0.2, 0) is 10.1 Å². The topological polar surface area (TPSA) is 93.8 Å². The Labute approximate surface area is 214 Å². The van der Waals surface area contributed by atoms with Crippen molar-refractivity contribution in [2.45, 2.75) is 6.42 Å². The molecule has 2 aromatic rings. The number of rotatable bonds is 8. The molecule has 0 aromatic heterocycles. The van der Waals surface area contributed by atoms with E-state index in [4.69, 9.17) is 4.55 Å². The standard InChI is InChI=1S/C23H25N3O3S2.Na.H/c1-26(2)22-10-4-18(5-11-22)14-21(15-24)19-6-8-20(9-7-19)23-16-30(17-25-23)12-3-13-31(27,28)29;;/h4-11,14,16-17,30H,3,12-13H2,1-2H3,(H,27,28,29);;/b21-14+;;. The van der Waals surface area contributed by atoms with Crippen molar-refractivity contribution in [2.24, 2.45) is 4.99 Å². The van der Waals surface area contributed by atoms with E-state index in [1.807, 2.05) is 79.1 Å². The third kappa shape index (κ3) is 7.62. The third-order valence-corrected chi connectivity index (χ3v) is 7.41. The minimum atomic E-state index is -3.91. The molecule has 1 unspecified atom stereocenters. The van der Waals surface area contributed by atoms with E-state index in [0.717, 1.165) is 28.1 Å². The average molecular weight is 480 g/mol. The number of nitriles is 1. The number of thiol groups is 1. The van der Waals surface area contributed by atoms with Crippen LogP contribution in [0.2, 0.25) is 0 Å². The van der Waals surface area contributed by atoms with Crippen LogP contribution >= 0.6 is 10.9 Å². The molecule has 1 N–H and O–H groups in total. The summed E-state index contributed by atoms with van der Waals surface area (Å²) in [7, 11) is -0.564. The number of aliphatic imine (C=N–C) groups is 1. The summed E-state index contributed by atoms with van der Waals surface area (Å²) in [5, 5.41) is 11.7. The number of anilines is 1. The van der Waals surface area contributed by atoms with E-state index in [1.54, 1.807) is 0 Å². The maximum atomic E-state index is 10.8. The van der Waals surface area contributed by atoms with Gasteiger partial charge in [0.1, 0.15) is 0 Å². The van der Waals surface area contributed by atoms with Gasteiger partial charge < -0.3 is 4.90 Å².